The van der Waals surface area contributed by atoms with Gasteiger partial charge in [-0.05, 0) is 59.2 Å². The molecule has 7 aliphatic rings. The largest absolute Gasteiger partial charge is 0.389 e. The van der Waals surface area contributed by atoms with Gasteiger partial charge in [0.2, 0.25) is 0 Å². The number of allylic oxidation sites excluding steroid dienone is 1. The molecular formula is C16H20O. The second kappa shape index (κ2) is 1.95. The van der Waals surface area contributed by atoms with Crippen molar-refractivity contribution in [2.45, 2.75) is 26.4 Å². The minimum absolute atomic E-state index is 0.133. The van der Waals surface area contributed by atoms with E-state index in [1.165, 1.54) is 0 Å². The zero-order valence-corrected chi connectivity index (χ0v) is 10.5. The molecule has 0 aromatic carbocycles. The van der Waals surface area contributed by atoms with Crippen LogP contribution in [0.5, 0.6) is 0 Å². The Morgan fingerprint density at radius 2 is 1.76 bits per heavy atom. The minimum atomic E-state index is -0.133. The van der Waals surface area contributed by atoms with Crippen molar-refractivity contribution in [1.82, 2.24) is 0 Å². The lowest BCUT2D eigenvalue weighted by molar-refractivity contribution is -0.0704. The number of rotatable bonds is 0. The van der Waals surface area contributed by atoms with Crippen LogP contribution in [0, 0.1) is 58.2 Å². The Kier molecular flexibility index (Phi) is 1.00. The molecule has 1 heteroatoms. The van der Waals surface area contributed by atoms with Crippen LogP contribution in [0.25, 0.3) is 0 Å². The summed E-state index contributed by atoms with van der Waals surface area (Å²) in [6.07, 6.45) is 5.60. The maximum atomic E-state index is 10.1. The summed E-state index contributed by atoms with van der Waals surface area (Å²) in [4.78, 5) is 0. The second-order valence-electron chi connectivity index (χ2n) is 8.08. The van der Waals surface area contributed by atoms with Gasteiger partial charge in [-0.2, -0.15) is 0 Å². The normalized spacial score (nSPS) is 83.6. The zero-order valence-electron chi connectivity index (χ0n) is 10.5. The fourth-order valence-corrected chi connectivity index (χ4v) is 8.52. The van der Waals surface area contributed by atoms with Crippen LogP contribution in [-0.2, 0) is 0 Å². The summed E-state index contributed by atoms with van der Waals surface area (Å²) in [5.74, 6) is 8.12. The van der Waals surface area contributed by atoms with Crippen molar-refractivity contribution in [3.63, 3.8) is 0 Å². The van der Waals surface area contributed by atoms with Crippen LogP contribution in [0.4, 0.5) is 0 Å². The molecule has 6 fully saturated rings. The van der Waals surface area contributed by atoms with E-state index in [0.717, 1.165) is 53.8 Å². The predicted molar refractivity (Wildman–Crippen MR) is 63.9 cm³/mol. The molecule has 0 heterocycles. The van der Waals surface area contributed by atoms with Crippen molar-refractivity contribution >= 4 is 0 Å². The molecule has 1 N–H and O–H groups in total. The molecule has 0 aromatic heterocycles. The molecule has 0 saturated heterocycles. The lowest BCUT2D eigenvalue weighted by atomic mass is 9.49. The fourth-order valence-electron chi connectivity index (χ4n) is 8.52. The molecule has 0 amide bonds. The Morgan fingerprint density at radius 3 is 2.59 bits per heavy atom. The van der Waals surface area contributed by atoms with Gasteiger partial charge in [0, 0.05) is 5.41 Å². The zero-order chi connectivity index (χ0) is 11.3. The van der Waals surface area contributed by atoms with Crippen molar-refractivity contribution in [3.05, 3.63) is 12.2 Å². The highest BCUT2D eigenvalue weighted by Gasteiger charge is 3.01. The third-order valence-corrected chi connectivity index (χ3v) is 8.45. The van der Waals surface area contributed by atoms with Gasteiger partial charge in [-0.25, -0.2) is 0 Å². The van der Waals surface area contributed by atoms with Crippen molar-refractivity contribution in [2.75, 3.05) is 0 Å². The van der Waals surface area contributed by atoms with Crippen LogP contribution >= 0.6 is 0 Å². The number of hydrogen-bond donors (Lipinski definition) is 1. The lowest BCUT2D eigenvalue weighted by Crippen LogP contribution is -2.52. The topological polar surface area (TPSA) is 20.2 Å². The van der Waals surface area contributed by atoms with Crippen LogP contribution < -0.4 is 0 Å². The minimum Gasteiger partial charge on any atom is -0.389 e. The Bertz CT molecular complexity index is 496. The van der Waals surface area contributed by atoms with E-state index in [4.69, 9.17) is 0 Å². The molecule has 7 rings (SSSR count). The third-order valence-electron chi connectivity index (χ3n) is 8.45. The highest BCUT2D eigenvalue weighted by Crippen LogP contribution is 3.04. The Hall–Kier alpha value is -0.300. The van der Waals surface area contributed by atoms with Gasteiger partial charge in [-0.15, -0.1) is 0 Å². The summed E-state index contributed by atoms with van der Waals surface area (Å²) < 4.78 is 0. The molecule has 0 aliphatic heterocycles. The molecule has 11 atom stereocenters. The molecule has 7 aliphatic carbocycles. The van der Waals surface area contributed by atoms with Gasteiger partial charge in [0.05, 0.1) is 6.10 Å². The first-order chi connectivity index (χ1) is 8.16. The highest BCUT2D eigenvalue weighted by atomic mass is 16.3. The van der Waals surface area contributed by atoms with Crippen LogP contribution in [-0.4, -0.2) is 11.2 Å². The molecular weight excluding hydrogens is 208 g/mol. The van der Waals surface area contributed by atoms with Gasteiger partial charge >= 0.3 is 0 Å². The standard InChI is InChI=1S/C16H20O/c1-6-7(2)13-10-9-11(10)14-15(12(6)9)4-3-8(17)5-16(13,14)15/h3-4,6-14,17H,5H2,1-2H3/t6-,7+,8-,9-,10-,11+,12+,13+,14-,15+,16-/m1/s1. The molecule has 0 unspecified atom stereocenters. The molecule has 2 bridgehead atoms. The Morgan fingerprint density at radius 1 is 1.06 bits per heavy atom. The maximum Gasteiger partial charge on any atom is 0.0726 e. The van der Waals surface area contributed by atoms with Crippen molar-refractivity contribution in [2.24, 2.45) is 58.2 Å². The quantitative estimate of drug-likeness (QED) is 0.631. The summed E-state index contributed by atoms with van der Waals surface area (Å²) in [6.45, 7) is 5.03. The van der Waals surface area contributed by atoms with Crippen LogP contribution in [0.3, 0.4) is 0 Å². The number of aliphatic hydroxyl groups excluding tert-OH is 1. The van der Waals surface area contributed by atoms with E-state index in [9.17, 15) is 5.11 Å². The fraction of sp³-hybridized carbons (Fsp3) is 0.875. The van der Waals surface area contributed by atoms with Gasteiger partial charge in [-0.3, -0.25) is 0 Å². The number of aliphatic hydroxyl groups is 1. The first-order valence-corrected chi connectivity index (χ1v) is 7.53. The van der Waals surface area contributed by atoms with Crippen LogP contribution in [0.2, 0.25) is 0 Å². The number of fused-ring (bicyclic) bond motifs is 1. The van der Waals surface area contributed by atoms with Gasteiger partial charge in [0.1, 0.15) is 0 Å². The summed E-state index contributed by atoms with van der Waals surface area (Å²) >= 11 is 0. The van der Waals surface area contributed by atoms with Crippen molar-refractivity contribution in [3.8, 4) is 0 Å². The summed E-state index contributed by atoms with van der Waals surface area (Å²) in [5, 5.41) is 10.1. The smallest absolute Gasteiger partial charge is 0.0726 e. The summed E-state index contributed by atoms with van der Waals surface area (Å²) in [7, 11) is 0. The highest BCUT2D eigenvalue weighted by molar-refractivity contribution is 5.52. The van der Waals surface area contributed by atoms with E-state index in [0.29, 0.717) is 10.8 Å². The average Bonchev–Trinajstić information content (AvgIpc) is 3.07. The second-order valence-corrected chi connectivity index (χ2v) is 8.08. The van der Waals surface area contributed by atoms with E-state index in [1.807, 2.05) is 0 Å². The van der Waals surface area contributed by atoms with E-state index >= 15 is 0 Å². The maximum absolute atomic E-state index is 10.1. The third kappa shape index (κ3) is 0.514. The molecule has 2 spiro atoms. The Balaban J connectivity index is 1.66. The van der Waals surface area contributed by atoms with E-state index in [2.05, 4.69) is 26.0 Å². The monoisotopic (exact) mass is 228 g/mol. The average molecular weight is 228 g/mol. The number of hydrogen-bond acceptors (Lipinski definition) is 1. The molecule has 1 nitrogen and oxygen atoms in total. The Labute approximate surface area is 102 Å². The lowest BCUT2D eigenvalue weighted by Gasteiger charge is -2.55. The van der Waals surface area contributed by atoms with Gasteiger partial charge < -0.3 is 5.11 Å². The summed E-state index contributed by atoms with van der Waals surface area (Å²) in [6, 6.07) is 0. The first-order valence-electron chi connectivity index (χ1n) is 7.53. The van der Waals surface area contributed by atoms with Crippen LogP contribution in [0.1, 0.15) is 20.3 Å². The van der Waals surface area contributed by atoms with Gasteiger partial charge in [0.25, 0.3) is 0 Å². The molecule has 90 valence electrons. The predicted octanol–water partition coefficient (Wildman–Crippen LogP) is 2.32. The van der Waals surface area contributed by atoms with Crippen molar-refractivity contribution < 1.29 is 5.11 Å². The molecule has 0 radical (unpaired) electrons. The van der Waals surface area contributed by atoms with Crippen molar-refractivity contribution in [1.29, 1.82) is 0 Å². The van der Waals surface area contributed by atoms with Crippen LogP contribution in [0.15, 0.2) is 12.2 Å². The molecule has 6 saturated carbocycles. The SMILES string of the molecule is C[C@@H]1[C@H](C)[C@H]2[C@@H]3[C@@H]4[C@@H]3[C@@H]3[C@]5(C=C[C@@H](O)C[C@@]235)[C@@H]14. The van der Waals surface area contributed by atoms with E-state index < -0.39 is 0 Å². The first kappa shape index (κ1) is 8.74. The van der Waals surface area contributed by atoms with E-state index in [1.54, 1.807) is 0 Å². The molecule has 0 aromatic rings. The van der Waals surface area contributed by atoms with E-state index in [-0.39, 0.29) is 6.10 Å². The van der Waals surface area contributed by atoms with Gasteiger partial charge in [0.15, 0.2) is 0 Å². The van der Waals surface area contributed by atoms with Gasteiger partial charge in [-0.1, -0.05) is 26.0 Å². The summed E-state index contributed by atoms with van der Waals surface area (Å²) in [5.41, 5.74) is 1.18. The molecule has 17 heavy (non-hydrogen) atoms.